The molecule has 21 heavy (non-hydrogen) atoms. The summed E-state index contributed by atoms with van der Waals surface area (Å²) in [5.74, 6) is 2.59. The fourth-order valence-electron chi connectivity index (χ4n) is 2.89. The molecular formula is C20H37N. The number of allylic oxidation sites excluding steroid dienone is 2. The van der Waals surface area contributed by atoms with Gasteiger partial charge in [-0.2, -0.15) is 5.26 Å². The maximum Gasteiger partial charge on any atom is 0.0911 e. The Kier molecular flexibility index (Phi) is 12.5. The fraction of sp³-hybridized carbons (Fsp3) is 0.850. The first-order valence-electron chi connectivity index (χ1n) is 9.01. The van der Waals surface area contributed by atoms with Crippen molar-refractivity contribution in [1.82, 2.24) is 0 Å². The standard InChI is InChI=1S/C20H37N/c1-17(2)9-6-10-18(3)11-7-12-19(4)13-8-14-20(5)15-16-21/h15,17-19H,6-14H2,1-5H3. The van der Waals surface area contributed by atoms with E-state index in [1.54, 1.807) is 6.08 Å². The summed E-state index contributed by atoms with van der Waals surface area (Å²) >= 11 is 0. The highest BCUT2D eigenvalue weighted by Crippen LogP contribution is 2.21. The van der Waals surface area contributed by atoms with E-state index in [-0.39, 0.29) is 0 Å². The maximum atomic E-state index is 8.58. The average molecular weight is 292 g/mol. The zero-order valence-corrected chi connectivity index (χ0v) is 15.1. The van der Waals surface area contributed by atoms with Crippen LogP contribution in [0, 0.1) is 29.1 Å². The number of rotatable bonds is 12. The van der Waals surface area contributed by atoms with Gasteiger partial charge in [0.25, 0.3) is 0 Å². The summed E-state index contributed by atoms with van der Waals surface area (Å²) in [4.78, 5) is 0. The molecule has 0 radical (unpaired) electrons. The fourth-order valence-corrected chi connectivity index (χ4v) is 2.89. The summed E-state index contributed by atoms with van der Waals surface area (Å²) in [6.45, 7) is 11.5. The highest BCUT2D eigenvalue weighted by atomic mass is 14.2. The van der Waals surface area contributed by atoms with Gasteiger partial charge >= 0.3 is 0 Å². The third kappa shape index (κ3) is 13.9. The van der Waals surface area contributed by atoms with Crippen LogP contribution >= 0.6 is 0 Å². The predicted molar refractivity (Wildman–Crippen MR) is 94.1 cm³/mol. The molecule has 0 heterocycles. The number of nitriles is 1. The lowest BCUT2D eigenvalue weighted by Crippen LogP contribution is -2.00. The van der Waals surface area contributed by atoms with E-state index in [4.69, 9.17) is 5.26 Å². The zero-order chi connectivity index (χ0) is 16.1. The van der Waals surface area contributed by atoms with Crippen molar-refractivity contribution in [3.8, 4) is 6.07 Å². The number of hydrogen-bond acceptors (Lipinski definition) is 1. The molecule has 1 heteroatoms. The molecule has 1 nitrogen and oxygen atoms in total. The van der Waals surface area contributed by atoms with Crippen LogP contribution < -0.4 is 0 Å². The maximum absolute atomic E-state index is 8.58. The second kappa shape index (κ2) is 12.9. The Morgan fingerprint density at radius 3 is 1.81 bits per heavy atom. The summed E-state index contributed by atoms with van der Waals surface area (Å²) in [5.41, 5.74) is 1.23. The van der Waals surface area contributed by atoms with Gasteiger partial charge in [0.05, 0.1) is 6.07 Å². The van der Waals surface area contributed by atoms with Gasteiger partial charge in [-0.05, 0) is 37.5 Å². The molecule has 2 unspecified atom stereocenters. The van der Waals surface area contributed by atoms with Gasteiger partial charge in [-0.15, -0.1) is 0 Å². The van der Waals surface area contributed by atoms with Crippen molar-refractivity contribution in [2.24, 2.45) is 17.8 Å². The Morgan fingerprint density at radius 1 is 0.857 bits per heavy atom. The lowest BCUT2D eigenvalue weighted by molar-refractivity contribution is 0.389. The van der Waals surface area contributed by atoms with Crippen molar-refractivity contribution in [3.63, 3.8) is 0 Å². The molecular weight excluding hydrogens is 254 g/mol. The molecule has 0 aliphatic carbocycles. The van der Waals surface area contributed by atoms with Gasteiger partial charge in [-0.25, -0.2) is 0 Å². The SMILES string of the molecule is CC(=CC#N)CCCC(C)CCCC(C)CCCC(C)C. The normalized spacial score (nSPS) is 15.0. The lowest BCUT2D eigenvalue weighted by atomic mass is 9.91. The van der Waals surface area contributed by atoms with Crippen molar-refractivity contribution in [2.75, 3.05) is 0 Å². The van der Waals surface area contributed by atoms with E-state index in [0.717, 1.165) is 24.2 Å². The molecule has 0 rings (SSSR count). The summed E-state index contributed by atoms with van der Waals surface area (Å²) in [7, 11) is 0. The third-order valence-corrected chi connectivity index (χ3v) is 4.45. The molecule has 2 atom stereocenters. The summed E-state index contributed by atoms with van der Waals surface area (Å²) in [5, 5.41) is 8.58. The van der Waals surface area contributed by atoms with E-state index < -0.39 is 0 Å². The van der Waals surface area contributed by atoms with Crippen LogP contribution in [0.3, 0.4) is 0 Å². The molecule has 0 N–H and O–H groups in total. The Balaban J connectivity index is 3.54. The first-order valence-corrected chi connectivity index (χ1v) is 9.01. The first kappa shape index (κ1) is 20.2. The molecule has 0 aromatic heterocycles. The molecule has 0 aromatic rings. The molecule has 0 saturated carbocycles. The number of hydrogen-bond donors (Lipinski definition) is 0. The number of nitrogens with zero attached hydrogens (tertiary/aromatic N) is 1. The smallest absolute Gasteiger partial charge is 0.0911 e. The predicted octanol–water partition coefficient (Wildman–Crippen LogP) is 6.90. The molecule has 0 amide bonds. The largest absolute Gasteiger partial charge is 0.193 e. The minimum atomic E-state index is 0.836. The van der Waals surface area contributed by atoms with Crippen LogP contribution in [-0.2, 0) is 0 Å². The minimum absolute atomic E-state index is 0.836. The Bertz CT molecular complexity index is 308. The summed E-state index contributed by atoms with van der Waals surface area (Å²) < 4.78 is 0. The van der Waals surface area contributed by atoms with Crippen LogP contribution in [0.4, 0.5) is 0 Å². The third-order valence-electron chi connectivity index (χ3n) is 4.45. The van der Waals surface area contributed by atoms with Gasteiger partial charge in [-0.3, -0.25) is 0 Å². The molecule has 0 aliphatic rings. The van der Waals surface area contributed by atoms with Crippen molar-refractivity contribution in [2.45, 2.75) is 92.4 Å². The van der Waals surface area contributed by atoms with Gasteiger partial charge in [0.2, 0.25) is 0 Å². The topological polar surface area (TPSA) is 23.8 Å². The Morgan fingerprint density at radius 2 is 1.33 bits per heavy atom. The van der Waals surface area contributed by atoms with Crippen molar-refractivity contribution in [1.29, 1.82) is 5.26 Å². The van der Waals surface area contributed by atoms with E-state index in [0.29, 0.717) is 0 Å². The van der Waals surface area contributed by atoms with Crippen LogP contribution in [0.5, 0.6) is 0 Å². The quantitative estimate of drug-likeness (QED) is 0.359. The van der Waals surface area contributed by atoms with Gasteiger partial charge in [0.15, 0.2) is 0 Å². The van der Waals surface area contributed by atoms with Gasteiger partial charge < -0.3 is 0 Å². The van der Waals surface area contributed by atoms with Crippen molar-refractivity contribution in [3.05, 3.63) is 11.6 Å². The van der Waals surface area contributed by atoms with E-state index in [2.05, 4.69) is 40.7 Å². The molecule has 0 spiro atoms. The van der Waals surface area contributed by atoms with Crippen LogP contribution in [0.25, 0.3) is 0 Å². The van der Waals surface area contributed by atoms with Gasteiger partial charge in [0, 0.05) is 6.08 Å². The van der Waals surface area contributed by atoms with Gasteiger partial charge in [-0.1, -0.05) is 78.2 Å². The Labute approximate surface area is 133 Å². The van der Waals surface area contributed by atoms with Crippen LogP contribution in [0.2, 0.25) is 0 Å². The van der Waals surface area contributed by atoms with E-state index >= 15 is 0 Å². The summed E-state index contributed by atoms with van der Waals surface area (Å²) in [6, 6.07) is 2.11. The second-order valence-corrected chi connectivity index (χ2v) is 7.48. The van der Waals surface area contributed by atoms with Crippen molar-refractivity contribution >= 4 is 0 Å². The van der Waals surface area contributed by atoms with Gasteiger partial charge in [0.1, 0.15) is 0 Å². The highest BCUT2D eigenvalue weighted by molar-refractivity contribution is 5.10. The highest BCUT2D eigenvalue weighted by Gasteiger charge is 2.06. The average Bonchev–Trinajstić information content (AvgIpc) is 2.38. The van der Waals surface area contributed by atoms with E-state index in [1.807, 2.05) is 0 Å². The van der Waals surface area contributed by atoms with E-state index in [1.165, 1.54) is 56.9 Å². The monoisotopic (exact) mass is 291 g/mol. The molecule has 0 saturated heterocycles. The Hall–Kier alpha value is -0.770. The zero-order valence-electron chi connectivity index (χ0n) is 15.1. The van der Waals surface area contributed by atoms with Crippen molar-refractivity contribution < 1.29 is 0 Å². The summed E-state index contributed by atoms with van der Waals surface area (Å²) in [6.07, 6.45) is 13.7. The van der Waals surface area contributed by atoms with Crippen LogP contribution in [0.15, 0.2) is 11.6 Å². The second-order valence-electron chi connectivity index (χ2n) is 7.48. The van der Waals surface area contributed by atoms with E-state index in [9.17, 15) is 0 Å². The molecule has 122 valence electrons. The van der Waals surface area contributed by atoms with Crippen LogP contribution in [0.1, 0.15) is 92.4 Å². The first-order chi connectivity index (χ1) is 9.95. The molecule has 0 aromatic carbocycles. The minimum Gasteiger partial charge on any atom is -0.193 e. The lowest BCUT2D eigenvalue weighted by Gasteiger charge is -2.15. The van der Waals surface area contributed by atoms with Crippen LogP contribution in [-0.4, -0.2) is 0 Å². The molecule has 0 bridgehead atoms. The molecule has 0 aliphatic heterocycles. The molecule has 0 fully saturated rings.